The van der Waals surface area contributed by atoms with Crippen molar-refractivity contribution in [2.45, 2.75) is 39.8 Å². The summed E-state index contributed by atoms with van der Waals surface area (Å²) in [5.41, 5.74) is 2.53. The second kappa shape index (κ2) is 11.4. The predicted molar refractivity (Wildman–Crippen MR) is 131 cm³/mol. The fraction of sp³-hybridized carbons (Fsp3) is 0.417. The molecule has 0 spiro atoms. The van der Waals surface area contributed by atoms with Gasteiger partial charge in [0, 0.05) is 27.7 Å². The van der Waals surface area contributed by atoms with Crippen LogP contribution in [0.2, 0.25) is 0 Å². The number of anilines is 1. The zero-order valence-electron chi connectivity index (χ0n) is 20.5. The Bertz CT molecular complexity index is 1120. The number of rotatable bonds is 10. The second-order valence-corrected chi connectivity index (χ2v) is 10.3. The normalized spacial score (nSPS) is 12.4. The smallest absolute Gasteiger partial charge is 0.304 e. The summed E-state index contributed by atoms with van der Waals surface area (Å²) < 4.78 is 42.0. The number of carbonyl (C=O) groups is 2. The molecule has 2 amide bonds. The van der Waals surface area contributed by atoms with Gasteiger partial charge in [-0.05, 0) is 55.2 Å². The van der Waals surface area contributed by atoms with Gasteiger partial charge in [-0.2, -0.15) is 12.7 Å². The van der Waals surface area contributed by atoms with Crippen LogP contribution >= 0.6 is 0 Å². The molecule has 2 aromatic carbocycles. The first-order valence-electron chi connectivity index (χ1n) is 10.9. The monoisotopic (exact) mass is 492 g/mol. The highest BCUT2D eigenvalue weighted by molar-refractivity contribution is 7.90. The van der Waals surface area contributed by atoms with E-state index < -0.39 is 34.5 Å². The van der Waals surface area contributed by atoms with E-state index in [1.807, 2.05) is 13.0 Å². The molecular weight excluding hydrogens is 459 g/mol. The number of benzene rings is 2. The van der Waals surface area contributed by atoms with Crippen molar-refractivity contribution < 1.29 is 22.4 Å². The van der Waals surface area contributed by atoms with Crippen molar-refractivity contribution >= 4 is 27.7 Å². The zero-order valence-corrected chi connectivity index (χ0v) is 21.3. The van der Waals surface area contributed by atoms with Crippen molar-refractivity contribution in [2.75, 3.05) is 32.0 Å². The van der Waals surface area contributed by atoms with Crippen LogP contribution in [0.5, 0.6) is 0 Å². The SMILES string of the molecule is CC[C@@H](C(=O)NC)N(Cc1ccc(F)cc1)C(=O)CN(c1cc(C)ccc1C)S(=O)(=O)N(C)C. The molecule has 2 aromatic rings. The van der Waals surface area contributed by atoms with Gasteiger partial charge < -0.3 is 10.2 Å². The van der Waals surface area contributed by atoms with Gasteiger partial charge in [0.05, 0.1) is 5.69 Å². The number of likely N-dealkylation sites (N-methyl/N-ethyl adjacent to an activating group) is 1. The third-order valence-electron chi connectivity index (χ3n) is 5.55. The fourth-order valence-corrected chi connectivity index (χ4v) is 4.68. The molecule has 0 aliphatic carbocycles. The Hall–Kier alpha value is -2.98. The summed E-state index contributed by atoms with van der Waals surface area (Å²) in [5, 5.41) is 2.56. The molecule has 0 aliphatic heterocycles. The van der Waals surface area contributed by atoms with E-state index in [9.17, 15) is 22.4 Å². The Kier molecular flexibility index (Phi) is 9.17. The van der Waals surface area contributed by atoms with Gasteiger partial charge >= 0.3 is 10.2 Å². The van der Waals surface area contributed by atoms with E-state index in [2.05, 4.69) is 5.32 Å². The Morgan fingerprint density at radius 1 is 1.06 bits per heavy atom. The van der Waals surface area contributed by atoms with Crippen LogP contribution in [-0.4, -0.2) is 63.2 Å². The van der Waals surface area contributed by atoms with E-state index in [1.165, 1.54) is 50.3 Å². The Labute approximate surface area is 201 Å². The highest BCUT2D eigenvalue weighted by Crippen LogP contribution is 2.26. The third kappa shape index (κ3) is 6.32. The minimum atomic E-state index is -4.03. The lowest BCUT2D eigenvalue weighted by Crippen LogP contribution is -2.53. The lowest BCUT2D eigenvalue weighted by Gasteiger charge is -2.34. The van der Waals surface area contributed by atoms with Crippen LogP contribution in [0.1, 0.15) is 30.0 Å². The van der Waals surface area contributed by atoms with Gasteiger partial charge in [0.2, 0.25) is 11.8 Å². The van der Waals surface area contributed by atoms with Crippen molar-refractivity contribution in [3.05, 3.63) is 65.0 Å². The van der Waals surface area contributed by atoms with Crippen LogP contribution < -0.4 is 9.62 Å². The highest BCUT2D eigenvalue weighted by Gasteiger charge is 2.34. The molecule has 10 heteroatoms. The van der Waals surface area contributed by atoms with Crippen molar-refractivity contribution in [1.82, 2.24) is 14.5 Å². The molecule has 0 bridgehead atoms. The van der Waals surface area contributed by atoms with E-state index in [0.717, 1.165) is 14.2 Å². The minimum absolute atomic E-state index is 0.0215. The van der Waals surface area contributed by atoms with Gasteiger partial charge in [0.15, 0.2) is 0 Å². The fourth-order valence-electron chi connectivity index (χ4n) is 3.56. The molecule has 1 atom stereocenters. The Balaban J connectivity index is 2.54. The summed E-state index contributed by atoms with van der Waals surface area (Å²) in [6.07, 6.45) is 0.316. The number of nitrogens with zero attached hydrogens (tertiary/aromatic N) is 3. The molecule has 34 heavy (non-hydrogen) atoms. The molecule has 8 nitrogen and oxygen atoms in total. The summed E-state index contributed by atoms with van der Waals surface area (Å²) in [5.74, 6) is -1.34. The Morgan fingerprint density at radius 3 is 2.21 bits per heavy atom. The largest absolute Gasteiger partial charge is 0.357 e. The van der Waals surface area contributed by atoms with Crippen molar-refractivity contribution in [3.63, 3.8) is 0 Å². The average Bonchev–Trinajstić information content (AvgIpc) is 2.79. The molecule has 186 valence electrons. The minimum Gasteiger partial charge on any atom is -0.357 e. The number of carbonyl (C=O) groups excluding carboxylic acids is 2. The lowest BCUT2D eigenvalue weighted by molar-refractivity contribution is -0.140. The third-order valence-corrected chi connectivity index (χ3v) is 7.36. The summed E-state index contributed by atoms with van der Waals surface area (Å²) in [6, 6.07) is 10.2. The first kappa shape index (κ1) is 27.3. The van der Waals surface area contributed by atoms with Crippen LogP contribution in [0, 0.1) is 19.7 Å². The predicted octanol–water partition coefficient (Wildman–Crippen LogP) is 2.61. The molecule has 0 aliphatic rings. The van der Waals surface area contributed by atoms with Crippen molar-refractivity contribution in [3.8, 4) is 0 Å². The highest BCUT2D eigenvalue weighted by atomic mass is 32.2. The second-order valence-electron chi connectivity index (χ2n) is 8.27. The Morgan fingerprint density at radius 2 is 1.68 bits per heavy atom. The molecule has 0 saturated carbocycles. The lowest BCUT2D eigenvalue weighted by atomic mass is 10.1. The van der Waals surface area contributed by atoms with Crippen LogP contribution in [0.25, 0.3) is 0 Å². The maximum atomic E-state index is 13.6. The van der Waals surface area contributed by atoms with Crippen LogP contribution in [0.4, 0.5) is 10.1 Å². The first-order chi connectivity index (χ1) is 15.9. The van der Waals surface area contributed by atoms with Crippen molar-refractivity contribution in [2.24, 2.45) is 0 Å². The summed E-state index contributed by atoms with van der Waals surface area (Å²) in [6.45, 7) is 4.90. The number of amides is 2. The maximum Gasteiger partial charge on any atom is 0.304 e. The topological polar surface area (TPSA) is 90.0 Å². The van der Waals surface area contributed by atoms with E-state index >= 15 is 0 Å². The molecule has 0 radical (unpaired) electrons. The molecule has 0 fully saturated rings. The first-order valence-corrected chi connectivity index (χ1v) is 12.3. The molecule has 0 aromatic heterocycles. The van der Waals surface area contributed by atoms with Gasteiger partial charge in [0.25, 0.3) is 0 Å². The average molecular weight is 493 g/mol. The number of aryl methyl sites for hydroxylation is 2. The quantitative estimate of drug-likeness (QED) is 0.552. The molecular formula is C24H33FN4O4S. The standard InChI is InChI=1S/C24H33FN4O4S/c1-7-21(24(31)26-4)28(15-19-10-12-20(25)13-11-19)23(30)16-29(34(32,33)27(5)6)22-14-17(2)8-9-18(22)3/h8-14,21H,7,15-16H2,1-6H3,(H,26,31)/t21-/m0/s1. The number of hydrogen-bond acceptors (Lipinski definition) is 4. The van der Waals surface area contributed by atoms with Gasteiger partial charge in [-0.25, -0.2) is 8.70 Å². The number of hydrogen-bond donors (Lipinski definition) is 1. The molecule has 0 saturated heterocycles. The summed E-state index contributed by atoms with van der Waals surface area (Å²) in [4.78, 5) is 27.6. The van der Waals surface area contributed by atoms with Crippen molar-refractivity contribution in [1.29, 1.82) is 0 Å². The van der Waals surface area contributed by atoms with Crippen LogP contribution in [0.15, 0.2) is 42.5 Å². The van der Waals surface area contributed by atoms with Crippen LogP contribution in [0.3, 0.4) is 0 Å². The van der Waals surface area contributed by atoms with E-state index in [4.69, 9.17) is 0 Å². The van der Waals surface area contributed by atoms with Crippen LogP contribution in [-0.2, 0) is 26.3 Å². The van der Waals surface area contributed by atoms with E-state index in [0.29, 0.717) is 23.2 Å². The number of nitrogens with one attached hydrogen (secondary N) is 1. The molecule has 2 rings (SSSR count). The summed E-state index contributed by atoms with van der Waals surface area (Å²) >= 11 is 0. The van der Waals surface area contributed by atoms with Gasteiger partial charge in [0.1, 0.15) is 18.4 Å². The van der Waals surface area contributed by atoms with E-state index in [-0.39, 0.29) is 12.5 Å². The van der Waals surface area contributed by atoms with Gasteiger partial charge in [-0.15, -0.1) is 0 Å². The summed E-state index contributed by atoms with van der Waals surface area (Å²) in [7, 11) is 0.242. The number of halogens is 1. The van der Waals surface area contributed by atoms with Gasteiger partial charge in [-0.3, -0.25) is 9.59 Å². The maximum absolute atomic E-state index is 13.6. The zero-order chi connectivity index (χ0) is 25.6. The van der Waals surface area contributed by atoms with E-state index in [1.54, 1.807) is 26.0 Å². The molecule has 0 unspecified atom stereocenters. The molecule has 1 N–H and O–H groups in total. The molecule has 0 heterocycles. The van der Waals surface area contributed by atoms with Gasteiger partial charge in [-0.1, -0.05) is 31.2 Å².